The number of carbonyl (C=O) groups is 1. The van der Waals surface area contributed by atoms with Crippen molar-refractivity contribution in [2.45, 2.75) is 32.7 Å². The first-order valence-corrected chi connectivity index (χ1v) is 5.10. The van der Waals surface area contributed by atoms with Gasteiger partial charge in [0.15, 0.2) is 0 Å². The molecule has 13 heavy (non-hydrogen) atoms. The summed E-state index contributed by atoms with van der Waals surface area (Å²) in [6, 6.07) is 0.272. The van der Waals surface area contributed by atoms with Gasteiger partial charge >= 0.3 is 0 Å². The van der Waals surface area contributed by atoms with Crippen molar-refractivity contribution in [2.24, 2.45) is 11.7 Å². The van der Waals surface area contributed by atoms with Crippen LogP contribution < -0.4 is 5.73 Å². The van der Waals surface area contributed by atoms with E-state index in [0.717, 1.165) is 25.9 Å². The molecule has 1 rings (SSSR count). The maximum absolute atomic E-state index is 11.4. The molecular weight excluding hydrogens is 164 g/mol. The molecule has 1 unspecified atom stereocenters. The van der Waals surface area contributed by atoms with Crippen molar-refractivity contribution in [1.82, 2.24) is 4.90 Å². The highest BCUT2D eigenvalue weighted by molar-refractivity contribution is 5.82. The van der Waals surface area contributed by atoms with Crippen molar-refractivity contribution >= 4 is 5.78 Å². The van der Waals surface area contributed by atoms with Crippen LogP contribution in [0.1, 0.15) is 26.7 Å². The molecule has 0 aromatic rings. The Labute approximate surface area is 80.3 Å². The molecule has 1 atom stereocenters. The van der Waals surface area contributed by atoms with E-state index in [9.17, 15) is 4.79 Å². The Morgan fingerprint density at radius 3 is 2.85 bits per heavy atom. The van der Waals surface area contributed by atoms with E-state index in [1.165, 1.54) is 0 Å². The number of ketones is 1. The van der Waals surface area contributed by atoms with Gasteiger partial charge in [-0.05, 0) is 19.4 Å². The van der Waals surface area contributed by atoms with Crippen LogP contribution in [0, 0.1) is 5.92 Å². The Morgan fingerprint density at radius 2 is 2.31 bits per heavy atom. The fourth-order valence-corrected chi connectivity index (χ4v) is 1.64. The zero-order chi connectivity index (χ0) is 9.84. The van der Waals surface area contributed by atoms with Gasteiger partial charge in [0, 0.05) is 18.5 Å². The third-order valence-electron chi connectivity index (χ3n) is 2.57. The van der Waals surface area contributed by atoms with Crippen molar-refractivity contribution in [3.63, 3.8) is 0 Å². The highest BCUT2D eigenvalue weighted by Crippen LogP contribution is 2.08. The van der Waals surface area contributed by atoms with Crippen LogP contribution in [0.4, 0.5) is 0 Å². The number of nitrogens with two attached hydrogens (primary N) is 1. The van der Waals surface area contributed by atoms with Gasteiger partial charge in [0.1, 0.15) is 5.78 Å². The summed E-state index contributed by atoms with van der Waals surface area (Å²) in [5.41, 5.74) is 5.82. The molecule has 0 aliphatic carbocycles. The van der Waals surface area contributed by atoms with Crippen LogP contribution >= 0.6 is 0 Å². The molecular formula is C10H20N2O. The van der Waals surface area contributed by atoms with Gasteiger partial charge < -0.3 is 5.73 Å². The molecule has 0 amide bonds. The van der Waals surface area contributed by atoms with Crippen LogP contribution in [0.3, 0.4) is 0 Å². The Hall–Kier alpha value is -0.410. The number of piperidine rings is 1. The van der Waals surface area contributed by atoms with Crippen molar-refractivity contribution in [2.75, 3.05) is 19.6 Å². The van der Waals surface area contributed by atoms with Crippen LogP contribution in [0.2, 0.25) is 0 Å². The molecule has 0 aromatic heterocycles. The number of nitrogens with zero attached hydrogens (tertiary/aromatic N) is 1. The van der Waals surface area contributed by atoms with Crippen LogP contribution in [0.5, 0.6) is 0 Å². The average molecular weight is 184 g/mol. The molecule has 1 aliphatic rings. The lowest BCUT2D eigenvalue weighted by atomic mass is 10.0. The lowest BCUT2D eigenvalue weighted by molar-refractivity contribution is -0.123. The number of Topliss-reactive ketones (excluding diaryl/α,β-unsaturated/α-hetero) is 1. The van der Waals surface area contributed by atoms with Gasteiger partial charge in [-0.2, -0.15) is 0 Å². The van der Waals surface area contributed by atoms with Crippen LogP contribution in [0.25, 0.3) is 0 Å². The van der Waals surface area contributed by atoms with Gasteiger partial charge in [-0.15, -0.1) is 0 Å². The highest BCUT2D eigenvalue weighted by atomic mass is 16.1. The van der Waals surface area contributed by atoms with Gasteiger partial charge in [0.25, 0.3) is 0 Å². The number of rotatable bonds is 3. The summed E-state index contributed by atoms with van der Waals surface area (Å²) < 4.78 is 0. The van der Waals surface area contributed by atoms with Crippen molar-refractivity contribution in [3.8, 4) is 0 Å². The Kier molecular flexibility index (Phi) is 3.88. The maximum atomic E-state index is 11.4. The number of hydrogen-bond donors (Lipinski definition) is 1. The highest BCUT2D eigenvalue weighted by Gasteiger charge is 2.19. The summed E-state index contributed by atoms with van der Waals surface area (Å²) in [5, 5.41) is 0. The molecule has 1 saturated heterocycles. The smallest absolute Gasteiger partial charge is 0.149 e. The molecule has 0 radical (unpaired) electrons. The molecule has 3 heteroatoms. The summed E-state index contributed by atoms with van der Waals surface area (Å²) in [7, 11) is 0. The first-order chi connectivity index (χ1) is 6.09. The third-order valence-corrected chi connectivity index (χ3v) is 2.57. The second kappa shape index (κ2) is 4.72. The Morgan fingerprint density at radius 1 is 1.62 bits per heavy atom. The summed E-state index contributed by atoms with van der Waals surface area (Å²) in [5.74, 6) is 0.479. The average Bonchev–Trinajstić information content (AvgIpc) is 2.04. The first kappa shape index (κ1) is 10.7. The van der Waals surface area contributed by atoms with Gasteiger partial charge in [-0.3, -0.25) is 9.69 Å². The molecule has 76 valence electrons. The fraction of sp³-hybridized carbons (Fsp3) is 0.900. The van der Waals surface area contributed by atoms with Gasteiger partial charge in [0.05, 0.1) is 6.54 Å². The maximum Gasteiger partial charge on any atom is 0.149 e. The van der Waals surface area contributed by atoms with Gasteiger partial charge in [-0.25, -0.2) is 0 Å². The van der Waals surface area contributed by atoms with E-state index < -0.39 is 0 Å². The normalized spacial score (nSPS) is 25.1. The molecule has 0 saturated carbocycles. The minimum atomic E-state index is 0.151. The topological polar surface area (TPSA) is 46.3 Å². The van der Waals surface area contributed by atoms with Gasteiger partial charge in [-0.1, -0.05) is 13.8 Å². The van der Waals surface area contributed by atoms with Crippen LogP contribution in [-0.4, -0.2) is 36.4 Å². The van der Waals surface area contributed by atoms with E-state index in [-0.39, 0.29) is 12.0 Å². The number of likely N-dealkylation sites (tertiary alicyclic amines) is 1. The van der Waals surface area contributed by atoms with Crippen molar-refractivity contribution < 1.29 is 4.79 Å². The minimum Gasteiger partial charge on any atom is -0.327 e. The first-order valence-electron chi connectivity index (χ1n) is 5.10. The van der Waals surface area contributed by atoms with E-state index in [4.69, 9.17) is 5.73 Å². The SMILES string of the molecule is CC(C)C(=O)CN1CCCC(N)C1. The zero-order valence-corrected chi connectivity index (χ0v) is 8.62. The van der Waals surface area contributed by atoms with E-state index in [0.29, 0.717) is 12.3 Å². The van der Waals surface area contributed by atoms with E-state index in [2.05, 4.69) is 4.90 Å². The minimum absolute atomic E-state index is 0.151. The molecule has 1 fully saturated rings. The van der Waals surface area contributed by atoms with E-state index >= 15 is 0 Å². The lowest BCUT2D eigenvalue weighted by Gasteiger charge is -2.30. The third kappa shape index (κ3) is 3.44. The van der Waals surface area contributed by atoms with Crippen molar-refractivity contribution in [1.29, 1.82) is 0 Å². The monoisotopic (exact) mass is 184 g/mol. The Balaban J connectivity index is 2.31. The summed E-state index contributed by atoms with van der Waals surface area (Å²) in [6.07, 6.45) is 2.24. The molecule has 3 nitrogen and oxygen atoms in total. The lowest BCUT2D eigenvalue weighted by Crippen LogP contribution is -2.45. The zero-order valence-electron chi connectivity index (χ0n) is 8.62. The number of carbonyl (C=O) groups excluding carboxylic acids is 1. The van der Waals surface area contributed by atoms with Crippen LogP contribution in [0.15, 0.2) is 0 Å². The molecule has 0 bridgehead atoms. The second-order valence-corrected chi connectivity index (χ2v) is 4.26. The van der Waals surface area contributed by atoms with Crippen LogP contribution in [-0.2, 0) is 4.79 Å². The molecule has 1 aliphatic heterocycles. The van der Waals surface area contributed by atoms with E-state index in [1.54, 1.807) is 0 Å². The summed E-state index contributed by atoms with van der Waals surface area (Å²) in [4.78, 5) is 13.6. The molecule has 2 N–H and O–H groups in total. The van der Waals surface area contributed by atoms with Gasteiger partial charge in [0.2, 0.25) is 0 Å². The molecule has 0 aromatic carbocycles. The summed E-state index contributed by atoms with van der Waals surface area (Å²) >= 11 is 0. The summed E-state index contributed by atoms with van der Waals surface area (Å²) in [6.45, 7) is 6.41. The molecule has 1 heterocycles. The fourth-order valence-electron chi connectivity index (χ4n) is 1.64. The quantitative estimate of drug-likeness (QED) is 0.700. The van der Waals surface area contributed by atoms with Crippen molar-refractivity contribution in [3.05, 3.63) is 0 Å². The second-order valence-electron chi connectivity index (χ2n) is 4.26. The number of hydrogen-bond acceptors (Lipinski definition) is 3. The predicted octanol–water partition coefficient (Wildman–Crippen LogP) is 0.635. The predicted molar refractivity (Wildman–Crippen MR) is 53.5 cm³/mol. The van der Waals surface area contributed by atoms with E-state index in [1.807, 2.05) is 13.8 Å². The largest absolute Gasteiger partial charge is 0.327 e. The molecule has 0 spiro atoms. The Bertz CT molecular complexity index is 180. The standard InChI is InChI=1S/C10H20N2O/c1-8(2)10(13)7-12-5-3-4-9(11)6-12/h8-9H,3-7,11H2,1-2H3.